The van der Waals surface area contributed by atoms with Crippen molar-refractivity contribution in [3.8, 4) is 22.6 Å². The van der Waals surface area contributed by atoms with E-state index in [1.165, 1.54) is 0 Å². The number of nitrogens with one attached hydrogen (secondary N) is 1. The Bertz CT molecular complexity index is 989. The SMILES string of the molecule is C/C=C\C(=C/C1C(CC(N)=O)C[C@H]1C)c1n[nH]c(C)c1-c1ccc2c(c1)OCO2. The number of aromatic nitrogens is 2. The molecule has 1 aromatic carbocycles. The van der Waals surface area contributed by atoms with Crippen molar-refractivity contribution in [2.24, 2.45) is 23.5 Å². The first-order valence-corrected chi connectivity index (χ1v) is 10.1. The molecule has 3 N–H and O–H groups in total. The Labute approximate surface area is 170 Å². The Balaban J connectivity index is 1.73. The van der Waals surface area contributed by atoms with Crippen LogP contribution in [0.25, 0.3) is 16.7 Å². The fourth-order valence-electron chi connectivity index (χ4n) is 4.48. The van der Waals surface area contributed by atoms with Gasteiger partial charge in [0, 0.05) is 17.7 Å². The van der Waals surface area contributed by atoms with E-state index in [0.29, 0.717) is 24.2 Å². The molecular weight excluding hydrogens is 366 g/mol. The number of nitrogens with zero attached hydrogens (tertiary/aromatic N) is 1. The number of hydrogen-bond donors (Lipinski definition) is 2. The molecule has 2 unspecified atom stereocenters. The average molecular weight is 393 g/mol. The largest absolute Gasteiger partial charge is 0.454 e. The van der Waals surface area contributed by atoms with E-state index in [1.807, 2.05) is 38.1 Å². The van der Waals surface area contributed by atoms with E-state index in [0.717, 1.165) is 46.0 Å². The summed E-state index contributed by atoms with van der Waals surface area (Å²) >= 11 is 0. The highest BCUT2D eigenvalue weighted by Crippen LogP contribution is 2.45. The maximum absolute atomic E-state index is 11.4. The zero-order chi connectivity index (χ0) is 20.5. The molecule has 1 aliphatic heterocycles. The smallest absolute Gasteiger partial charge is 0.231 e. The first-order chi connectivity index (χ1) is 14.0. The Morgan fingerprint density at radius 1 is 1.34 bits per heavy atom. The molecule has 2 aliphatic rings. The summed E-state index contributed by atoms with van der Waals surface area (Å²) in [6.45, 7) is 6.49. The lowest BCUT2D eigenvalue weighted by molar-refractivity contribution is -0.120. The molecule has 6 nitrogen and oxygen atoms in total. The number of rotatable bonds is 6. The number of allylic oxidation sites excluding steroid dienone is 4. The molecule has 2 heterocycles. The number of carbonyl (C=O) groups excluding carboxylic acids is 1. The quantitative estimate of drug-likeness (QED) is 0.719. The Morgan fingerprint density at radius 2 is 2.14 bits per heavy atom. The summed E-state index contributed by atoms with van der Waals surface area (Å²) in [5.41, 5.74) is 10.5. The highest BCUT2D eigenvalue weighted by Gasteiger charge is 2.37. The van der Waals surface area contributed by atoms with Crippen LogP contribution in [0.1, 0.15) is 38.1 Å². The van der Waals surface area contributed by atoms with Crippen molar-refractivity contribution in [2.45, 2.75) is 33.6 Å². The minimum atomic E-state index is -0.232. The lowest BCUT2D eigenvalue weighted by atomic mass is 9.63. The van der Waals surface area contributed by atoms with Gasteiger partial charge in [0.05, 0.1) is 5.69 Å². The molecule has 2 aromatic rings. The molecule has 1 aliphatic carbocycles. The molecule has 152 valence electrons. The van der Waals surface area contributed by atoms with Crippen molar-refractivity contribution in [1.82, 2.24) is 10.2 Å². The van der Waals surface area contributed by atoms with E-state index in [9.17, 15) is 4.79 Å². The fraction of sp³-hybridized carbons (Fsp3) is 0.391. The average Bonchev–Trinajstić information content (AvgIpc) is 3.30. The second-order valence-electron chi connectivity index (χ2n) is 7.98. The first kappa shape index (κ1) is 19.3. The Morgan fingerprint density at radius 3 is 2.86 bits per heavy atom. The molecule has 0 saturated heterocycles. The highest BCUT2D eigenvalue weighted by atomic mass is 16.7. The van der Waals surface area contributed by atoms with Gasteiger partial charge in [-0.05, 0) is 61.3 Å². The molecule has 4 rings (SSSR count). The summed E-state index contributed by atoms with van der Waals surface area (Å²) < 4.78 is 11.0. The number of aromatic amines is 1. The van der Waals surface area contributed by atoms with E-state index in [2.05, 4.69) is 29.3 Å². The predicted molar refractivity (Wildman–Crippen MR) is 112 cm³/mol. The lowest BCUT2D eigenvalue weighted by Crippen LogP contribution is -2.36. The van der Waals surface area contributed by atoms with Crippen LogP contribution >= 0.6 is 0 Å². The van der Waals surface area contributed by atoms with Crippen molar-refractivity contribution in [3.63, 3.8) is 0 Å². The molecule has 1 amide bonds. The number of primary amides is 1. The molecule has 0 spiro atoms. The van der Waals surface area contributed by atoms with Crippen molar-refractivity contribution >= 4 is 11.5 Å². The van der Waals surface area contributed by atoms with Crippen LogP contribution < -0.4 is 15.2 Å². The summed E-state index contributed by atoms with van der Waals surface area (Å²) in [5, 5.41) is 7.75. The fourth-order valence-corrected chi connectivity index (χ4v) is 4.48. The number of ether oxygens (including phenoxy) is 2. The zero-order valence-corrected chi connectivity index (χ0v) is 17.1. The van der Waals surface area contributed by atoms with Crippen LogP contribution in [0.5, 0.6) is 11.5 Å². The standard InChI is InChI=1S/C23H27N3O3/c1-4-5-16(9-18-13(2)8-17(18)11-21(24)27)23-22(14(3)25-26-23)15-6-7-19-20(10-15)29-12-28-19/h4-7,9-10,13,17-18H,8,11-12H2,1-3H3,(H2,24,27)(H,25,26)/b5-4-,16-9+/t13-,17?,18?/m1/s1. The van der Waals surface area contributed by atoms with Crippen LogP contribution in [0.4, 0.5) is 0 Å². The minimum absolute atomic E-state index is 0.232. The topological polar surface area (TPSA) is 90.2 Å². The van der Waals surface area contributed by atoms with Crippen molar-refractivity contribution in [3.05, 3.63) is 47.8 Å². The molecule has 3 atom stereocenters. The van der Waals surface area contributed by atoms with Crippen LogP contribution in [0.3, 0.4) is 0 Å². The molecular formula is C23H27N3O3. The number of amides is 1. The normalized spacial score (nSPS) is 23.4. The molecule has 29 heavy (non-hydrogen) atoms. The van der Waals surface area contributed by atoms with Gasteiger partial charge in [0.15, 0.2) is 11.5 Å². The second kappa shape index (κ2) is 7.78. The van der Waals surface area contributed by atoms with Gasteiger partial charge in [-0.15, -0.1) is 0 Å². The molecule has 0 bridgehead atoms. The summed E-state index contributed by atoms with van der Waals surface area (Å²) in [4.78, 5) is 11.4. The minimum Gasteiger partial charge on any atom is -0.454 e. The zero-order valence-electron chi connectivity index (χ0n) is 17.1. The monoisotopic (exact) mass is 393 g/mol. The van der Waals surface area contributed by atoms with Crippen molar-refractivity contribution in [2.75, 3.05) is 6.79 Å². The number of carbonyl (C=O) groups is 1. The van der Waals surface area contributed by atoms with E-state index in [1.54, 1.807) is 0 Å². The highest BCUT2D eigenvalue weighted by molar-refractivity contribution is 5.85. The van der Waals surface area contributed by atoms with Gasteiger partial charge in [-0.3, -0.25) is 9.89 Å². The second-order valence-corrected chi connectivity index (χ2v) is 7.98. The number of nitrogens with two attached hydrogens (primary N) is 1. The van der Waals surface area contributed by atoms with Crippen LogP contribution in [0, 0.1) is 24.7 Å². The number of fused-ring (bicyclic) bond motifs is 1. The van der Waals surface area contributed by atoms with Crippen LogP contribution in [0.15, 0.2) is 36.4 Å². The van der Waals surface area contributed by atoms with Gasteiger partial charge in [-0.2, -0.15) is 5.10 Å². The summed E-state index contributed by atoms with van der Waals surface area (Å²) in [7, 11) is 0. The maximum Gasteiger partial charge on any atom is 0.231 e. The number of H-pyrrole nitrogens is 1. The van der Waals surface area contributed by atoms with E-state index >= 15 is 0 Å². The molecule has 6 heteroatoms. The van der Waals surface area contributed by atoms with E-state index < -0.39 is 0 Å². The van der Waals surface area contributed by atoms with Crippen LogP contribution in [0.2, 0.25) is 0 Å². The van der Waals surface area contributed by atoms with Gasteiger partial charge in [-0.1, -0.05) is 31.2 Å². The Hall–Kier alpha value is -3.02. The van der Waals surface area contributed by atoms with E-state index in [4.69, 9.17) is 15.2 Å². The Kier molecular flexibility index (Phi) is 5.18. The van der Waals surface area contributed by atoms with Gasteiger partial charge in [0.2, 0.25) is 12.7 Å². The predicted octanol–water partition coefficient (Wildman–Crippen LogP) is 4.22. The lowest BCUT2D eigenvalue weighted by Gasteiger charge is -2.41. The summed E-state index contributed by atoms with van der Waals surface area (Å²) in [5.74, 6) is 2.42. The van der Waals surface area contributed by atoms with Crippen molar-refractivity contribution in [1.29, 1.82) is 0 Å². The third-order valence-electron chi connectivity index (χ3n) is 5.94. The van der Waals surface area contributed by atoms with E-state index in [-0.39, 0.29) is 12.7 Å². The van der Waals surface area contributed by atoms with Crippen molar-refractivity contribution < 1.29 is 14.3 Å². The van der Waals surface area contributed by atoms with Gasteiger partial charge < -0.3 is 15.2 Å². The molecule has 1 aromatic heterocycles. The number of benzene rings is 1. The van der Waals surface area contributed by atoms with Crippen LogP contribution in [-0.4, -0.2) is 22.9 Å². The summed E-state index contributed by atoms with van der Waals surface area (Å²) in [6.07, 6.45) is 7.82. The third kappa shape index (κ3) is 3.67. The van der Waals surface area contributed by atoms with Gasteiger partial charge >= 0.3 is 0 Å². The molecule has 1 fully saturated rings. The van der Waals surface area contributed by atoms with Gasteiger partial charge in [-0.25, -0.2) is 0 Å². The molecule has 0 radical (unpaired) electrons. The molecule has 1 saturated carbocycles. The summed E-state index contributed by atoms with van der Waals surface area (Å²) in [6, 6.07) is 5.96. The number of aryl methyl sites for hydroxylation is 1. The van der Waals surface area contributed by atoms with Crippen LogP contribution in [-0.2, 0) is 4.79 Å². The maximum atomic E-state index is 11.4. The third-order valence-corrected chi connectivity index (χ3v) is 5.94. The van der Waals surface area contributed by atoms with Gasteiger partial charge in [0.1, 0.15) is 0 Å². The number of hydrogen-bond acceptors (Lipinski definition) is 4. The van der Waals surface area contributed by atoms with Gasteiger partial charge in [0.25, 0.3) is 0 Å². The first-order valence-electron chi connectivity index (χ1n) is 10.1.